The van der Waals surface area contributed by atoms with Crippen molar-refractivity contribution in [1.29, 1.82) is 5.41 Å². The number of amidine groups is 1. The van der Waals surface area contributed by atoms with Crippen molar-refractivity contribution in [2.24, 2.45) is 11.7 Å². The van der Waals surface area contributed by atoms with Crippen LogP contribution in [0.5, 0.6) is 5.88 Å². The maximum absolute atomic E-state index is 7.66. The summed E-state index contributed by atoms with van der Waals surface area (Å²) in [4.78, 5) is 4.56. The van der Waals surface area contributed by atoms with E-state index in [1.54, 1.807) is 0 Å². The van der Waals surface area contributed by atoms with Crippen LogP contribution < -0.4 is 10.5 Å². The van der Waals surface area contributed by atoms with Crippen LogP contribution in [0.25, 0.3) is 0 Å². The molecule has 0 saturated carbocycles. The number of aromatic nitrogens is 1. The first-order valence-electron chi connectivity index (χ1n) is 7.11. The number of hydrogen-bond donors (Lipinski definition) is 2. The molecule has 3 N–H and O–H groups in total. The van der Waals surface area contributed by atoms with Crippen molar-refractivity contribution in [2.45, 2.75) is 46.0 Å². The van der Waals surface area contributed by atoms with Gasteiger partial charge in [0.1, 0.15) is 5.84 Å². The van der Waals surface area contributed by atoms with Gasteiger partial charge < -0.3 is 10.5 Å². The van der Waals surface area contributed by atoms with E-state index in [0.29, 0.717) is 24.0 Å². The standard InChI is InChI=1S/C15H23N3O/c1-3-5-10(2)9-19-15-12(14(16)17)8-11-6-4-7-13(11)18-15/h8,10H,3-7,9H2,1-2H3,(H3,16,17). The van der Waals surface area contributed by atoms with Gasteiger partial charge >= 0.3 is 0 Å². The zero-order valence-corrected chi connectivity index (χ0v) is 11.8. The second-order valence-corrected chi connectivity index (χ2v) is 5.42. The minimum absolute atomic E-state index is 0.0420. The van der Waals surface area contributed by atoms with E-state index < -0.39 is 0 Å². The Kier molecular flexibility index (Phi) is 4.40. The van der Waals surface area contributed by atoms with Gasteiger partial charge in [-0.25, -0.2) is 4.98 Å². The Hall–Kier alpha value is -1.58. The molecule has 0 amide bonds. The van der Waals surface area contributed by atoms with Gasteiger partial charge in [0.15, 0.2) is 0 Å². The quantitative estimate of drug-likeness (QED) is 0.611. The fourth-order valence-corrected chi connectivity index (χ4v) is 2.55. The minimum atomic E-state index is 0.0420. The minimum Gasteiger partial charge on any atom is -0.477 e. The van der Waals surface area contributed by atoms with Gasteiger partial charge in [-0.05, 0) is 43.2 Å². The zero-order chi connectivity index (χ0) is 13.8. The highest BCUT2D eigenvalue weighted by atomic mass is 16.5. The summed E-state index contributed by atoms with van der Waals surface area (Å²) < 4.78 is 5.81. The number of hydrogen-bond acceptors (Lipinski definition) is 3. The molecule has 0 radical (unpaired) electrons. The highest BCUT2D eigenvalue weighted by Crippen LogP contribution is 2.26. The van der Waals surface area contributed by atoms with E-state index in [4.69, 9.17) is 15.9 Å². The molecule has 104 valence electrons. The average Bonchev–Trinajstić information content (AvgIpc) is 2.82. The summed E-state index contributed by atoms with van der Waals surface area (Å²) in [6.07, 6.45) is 5.47. The van der Waals surface area contributed by atoms with Crippen molar-refractivity contribution >= 4 is 5.84 Å². The van der Waals surface area contributed by atoms with E-state index in [9.17, 15) is 0 Å². The van der Waals surface area contributed by atoms with Gasteiger partial charge in [0.05, 0.1) is 12.2 Å². The maximum atomic E-state index is 7.66. The first-order chi connectivity index (χ1) is 9.11. The smallest absolute Gasteiger partial charge is 0.224 e. The number of aryl methyl sites for hydroxylation is 2. The number of nitrogens with two attached hydrogens (primary N) is 1. The van der Waals surface area contributed by atoms with Gasteiger partial charge in [-0.2, -0.15) is 0 Å². The van der Waals surface area contributed by atoms with Crippen molar-refractivity contribution in [1.82, 2.24) is 4.98 Å². The molecule has 0 fully saturated rings. The Morgan fingerprint density at radius 1 is 1.53 bits per heavy atom. The molecule has 0 bridgehead atoms. The highest BCUT2D eigenvalue weighted by molar-refractivity contribution is 5.97. The van der Waals surface area contributed by atoms with Crippen LogP contribution in [0.1, 0.15) is 49.9 Å². The van der Waals surface area contributed by atoms with Crippen molar-refractivity contribution in [3.05, 3.63) is 22.9 Å². The van der Waals surface area contributed by atoms with E-state index in [0.717, 1.165) is 37.8 Å². The van der Waals surface area contributed by atoms with Gasteiger partial charge in [0.25, 0.3) is 0 Å². The lowest BCUT2D eigenvalue weighted by Crippen LogP contribution is -2.17. The number of fused-ring (bicyclic) bond motifs is 1. The van der Waals surface area contributed by atoms with Gasteiger partial charge in [-0.1, -0.05) is 20.3 Å². The molecule has 1 atom stereocenters. The van der Waals surface area contributed by atoms with Gasteiger partial charge in [0, 0.05) is 5.69 Å². The Morgan fingerprint density at radius 3 is 3.00 bits per heavy atom. The number of nitrogens with one attached hydrogen (secondary N) is 1. The second kappa shape index (κ2) is 6.04. The molecule has 1 aromatic rings. The van der Waals surface area contributed by atoms with E-state index in [2.05, 4.69) is 18.8 Å². The molecule has 0 spiro atoms. The van der Waals surface area contributed by atoms with Crippen LogP contribution in [0.4, 0.5) is 0 Å². The van der Waals surface area contributed by atoms with Gasteiger partial charge in [0.2, 0.25) is 5.88 Å². The van der Waals surface area contributed by atoms with E-state index >= 15 is 0 Å². The third kappa shape index (κ3) is 3.25. The molecule has 1 unspecified atom stereocenters. The predicted octanol–water partition coefficient (Wildman–Crippen LogP) is 2.67. The maximum Gasteiger partial charge on any atom is 0.224 e. The van der Waals surface area contributed by atoms with Crippen molar-refractivity contribution in [3.63, 3.8) is 0 Å². The molecule has 0 aromatic carbocycles. The van der Waals surface area contributed by atoms with Crippen LogP contribution in [0.15, 0.2) is 6.07 Å². The molecule has 1 aliphatic rings. The third-order valence-corrected chi connectivity index (χ3v) is 3.59. The van der Waals surface area contributed by atoms with Crippen molar-refractivity contribution in [2.75, 3.05) is 6.61 Å². The highest BCUT2D eigenvalue weighted by Gasteiger charge is 2.19. The molecular weight excluding hydrogens is 238 g/mol. The average molecular weight is 261 g/mol. The lowest BCUT2D eigenvalue weighted by molar-refractivity contribution is 0.242. The van der Waals surface area contributed by atoms with E-state index in [1.165, 1.54) is 5.56 Å². The second-order valence-electron chi connectivity index (χ2n) is 5.42. The summed E-state index contributed by atoms with van der Waals surface area (Å²) in [6, 6.07) is 1.98. The van der Waals surface area contributed by atoms with Crippen LogP contribution >= 0.6 is 0 Å². The SMILES string of the molecule is CCCC(C)COc1nc2c(cc1C(=N)N)CCC2. The summed E-state index contributed by atoms with van der Waals surface area (Å²) in [7, 11) is 0. The Bertz CT molecular complexity index is 471. The zero-order valence-electron chi connectivity index (χ0n) is 11.8. The van der Waals surface area contributed by atoms with Crippen LogP contribution in [0.2, 0.25) is 0 Å². The van der Waals surface area contributed by atoms with Gasteiger partial charge in [-0.15, -0.1) is 0 Å². The first kappa shape index (κ1) is 13.8. The Labute approximate surface area is 114 Å². The van der Waals surface area contributed by atoms with E-state index in [1.807, 2.05) is 6.07 Å². The summed E-state index contributed by atoms with van der Waals surface area (Å²) in [6.45, 7) is 4.98. The largest absolute Gasteiger partial charge is 0.477 e. The molecule has 2 rings (SSSR count). The first-order valence-corrected chi connectivity index (χ1v) is 7.11. The van der Waals surface area contributed by atoms with Crippen molar-refractivity contribution < 1.29 is 4.74 Å². The Balaban J connectivity index is 2.16. The molecule has 4 nitrogen and oxygen atoms in total. The molecular formula is C15H23N3O. The van der Waals surface area contributed by atoms with Crippen LogP contribution in [-0.4, -0.2) is 17.4 Å². The lowest BCUT2D eigenvalue weighted by Gasteiger charge is -2.15. The predicted molar refractivity (Wildman–Crippen MR) is 76.8 cm³/mol. The molecule has 19 heavy (non-hydrogen) atoms. The third-order valence-electron chi connectivity index (χ3n) is 3.59. The van der Waals surface area contributed by atoms with Crippen molar-refractivity contribution in [3.8, 4) is 5.88 Å². The van der Waals surface area contributed by atoms with Crippen LogP contribution in [0.3, 0.4) is 0 Å². The molecule has 4 heteroatoms. The monoisotopic (exact) mass is 261 g/mol. The normalized spacial score (nSPS) is 15.1. The van der Waals surface area contributed by atoms with Gasteiger partial charge in [-0.3, -0.25) is 5.41 Å². The van der Waals surface area contributed by atoms with E-state index in [-0.39, 0.29) is 5.84 Å². The fraction of sp³-hybridized carbons (Fsp3) is 0.600. The number of pyridine rings is 1. The lowest BCUT2D eigenvalue weighted by atomic mass is 10.1. The molecule has 0 saturated heterocycles. The number of rotatable bonds is 6. The molecule has 0 aliphatic heterocycles. The summed E-state index contributed by atoms with van der Waals surface area (Å²) in [5.41, 5.74) is 8.62. The number of nitrogen functional groups attached to an aromatic ring is 1. The number of nitrogens with zero attached hydrogens (tertiary/aromatic N) is 1. The fourth-order valence-electron chi connectivity index (χ4n) is 2.55. The number of ether oxygens (including phenoxy) is 1. The summed E-state index contributed by atoms with van der Waals surface area (Å²) >= 11 is 0. The van der Waals surface area contributed by atoms with Crippen LogP contribution in [-0.2, 0) is 12.8 Å². The summed E-state index contributed by atoms with van der Waals surface area (Å²) in [5, 5.41) is 7.66. The molecule has 1 heterocycles. The Morgan fingerprint density at radius 2 is 2.32 bits per heavy atom. The molecule has 1 aromatic heterocycles. The summed E-state index contributed by atoms with van der Waals surface area (Å²) in [5.74, 6) is 1.08. The van der Waals surface area contributed by atoms with Crippen LogP contribution in [0, 0.1) is 11.3 Å². The molecule has 1 aliphatic carbocycles. The topological polar surface area (TPSA) is 72.0 Å².